The molecule has 1 aromatic rings. The van der Waals surface area contributed by atoms with E-state index in [2.05, 4.69) is 24.1 Å². The molecule has 3 heteroatoms. The van der Waals surface area contributed by atoms with Crippen LogP contribution in [0.2, 0.25) is 5.02 Å². The van der Waals surface area contributed by atoms with Crippen molar-refractivity contribution in [2.45, 2.75) is 52.0 Å². The fraction of sp³-hybridized carbons (Fsp3) is 0.643. The topological polar surface area (TPSA) is 24.9 Å². The Morgan fingerprint density at radius 1 is 1.24 bits per heavy atom. The maximum absolute atomic E-state index is 5.86. The predicted molar refractivity (Wildman–Crippen MR) is 74.4 cm³/mol. The van der Waals surface area contributed by atoms with Crippen molar-refractivity contribution in [3.8, 4) is 0 Å². The van der Waals surface area contributed by atoms with Gasteiger partial charge in [0.05, 0.1) is 10.7 Å². The van der Waals surface area contributed by atoms with Gasteiger partial charge in [-0.3, -0.25) is 4.98 Å². The molecule has 0 aliphatic rings. The maximum atomic E-state index is 5.86. The number of nitrogens with zero attached hydrogens (tertiary/aromatic N) is 1. The highest BCUT2D eigenvalue weighted by Crippen LogP contribution is 2.19. The number of pyridine rings is 1. The van der Waals surface area contributed by atoms with Gasteiger partial charge < -0.3 is 5.32 Å². The molecule has 1 rings (SSSR count). The molecule has 1 aromatic heterocycles. The van der Waals surface area contributed by atoms with Gasteiger partial charge in [-0.1, -0.05) is 51.1 Å². The number of nitrogens with one attached hydrogen (secondary N) is 1. The number of halogens is 1. The van der Waals surface area contributed by atoms with Crippen LogP contribution < -0.4 is 5.32 Å². The van der Waals surface area contributed by atoms with Gasteiger partial charge in [-0.2, -0.15) is 0 Å². The third kappa shape index (κ3) is 5.51. The molecule has 96 valence electrons. The Balaban J connectivity index is 2.49. The van der Waals surface area contributed by atoms with Gasteiger partial charge in [-0.25, -0.2) is 0 Å². The van der Waals surface area contributed by atoms with Crippen LogP contribution in [0.25, 0.3) is 0 Å². The average molecular weight is 255 g/mol. The standard InChI is InChI=1S/C14H23ClN2/c1-3-5-6-7-8-13(16-4-2)14-10-9-12(15)11-17-14/h9-11,13,16H,3-8H2,1-2H3. The Bertz CT molecular complexity index is 298. The summed E-state index contributed by atoms with van der Waals surface area (Å²) in [6, 6.07) is 4.31. The van der Waals surface area contributed by atoms with Crippen LogP contribution in [-0.4, -0.2) is 11.5 Å². The van der Waals surface area contributed by atoms with Crippen molar-refractivity contribution in [3.63, 3.8) is 0 Å². The summed E-state index contributed by atoms with van der Waals surface area (Å²) in [7, 11) is 0. The highest BCUT2D eigenvalue weighted by molar-refractivity contribution is 6.30. The summed E-state index contributed by atoms with van der Waals surface area (Å²) in [5, 5.41) is 4.19. The van der Waals surface area contributed by atoms with Gasteiger partial charge in [-0.15, -0.1) is 0 Å². The van der Waals surface area contributed by atoms with Gasteiger partial charge in [-0.05, 0) is 25.1 Å². The SMILES string of the molecule is CCCCCCC(NCC)c1ccc(Cl)cn1. The van der Waals surface area contributed by atoms with Crippen LogP contribution in [0.4, 0.5) is 0 Å². The molecule has 1 unspecified atom stereocenters. The van der Waals surface area contributed by atoms with E-state index in [1.807, 2.05) is 12.1 Å². The Labute approximate surface area is 110 Å². The largest absolute Gasteiger partial charge is 0.309 e. The van der Waals surface area contributed by atoms with E-state index in [0.29, 0.717) is 11.1 Å². The molecule has 0 saturated heterocycles. The molecular weight excluding hydrogens is 232 g/mol. The van der Waals surface area contributed by atoms with Crippen molar-refractivity contribution in [3.05, 3.63) is 29.0 Å². The molecule has 17 heavy (non-hydrogen) atoms. The van der Waals surface area contributed by atoms with Crippen LogP contribution >= 0.6 is 11.6 Å². The summed E-state index contributed by atoms with van der Waals surface area (Å²) in [4.78, 5) is 4.40. The lowest BCUT2D eigenvalue weighted by Crippen LogP contribution is -2.21. The minimum atomic E-state index is 0.370. The fourth-order valence-corrected chi connectivity index (χ4v) is 2.08. The van der Waals surface area contributed by atoms with E-state index in [1.54, 1.807) is 6.20 Å². The molecule has 0 radical (unpaired) electrons. The van der Waals surface area contributed by atoms with E-state index in [0.717, 1.165) is 18.7 Å². The second-order valence-electron chi connectivity index (χ2n) is 4.36. The first-order chi connectivity index (χ1) is 8.27. The molecule has 0 amide bonds. The van der Waals surface area contributed by atoms with E-state index in [9.17, 15) is 0 Å². The van der Waals surface area contributed by atoms with E-state index >= 15 is 0 Å². The maximum Gasteiger partial charge on any atom is 0.0589 e. The molecule has 0 spiro atoms. The summed E-state index contributed by atoms with van der Waals surface area (Å²) >= 11 is 5.86. The summed E-state index contributed by atoms with van der Waals surface area (Å²) in [6.07, 6.45) is 8.06. The van der Waals surface area contributed by atoms with Gasteiger partial charge in [0.15, 0.2) is 0 Å². The van der Waals surface area contributed by atoms with E-state index in [-0.39, 0.29) is 0 Å². The Morgan fingerprint density at radius 2 is 2.06 bits per heavy atom. The van der Waals surface area contributed by atoms with Crippen molar-refractivity contribution in [2.24, 2.45) is 0 Å². The minimum Gasteiger partial charge on any atom is -0.309 e. The Morgan fingerprint density at radius 3 is 2.65 bits per heavy atom. The quantitative estimate of drug-likeness (QED) is 0.698. The number of hydrogen-bond donors (Lipinski definition) is 1. The van der Waals surface area contributed by atoms with Crippen LogP contribution in [0.15, 0.2) is 18.3 Å². The van der Waals surface area contributed by atoms with Crippen molar-refractivity contribution in [1.29, 1.82) is 0 Å². The predicted octanol–water partition coefficient (Wildman–Crippen LogP) is 4.36. The molecule has 0 fully saturated rings. The van der Waals surface area contributed by atoms with Crippen LogP contribution in [0.5, 0.6) is 0 Å². The molecule has 0 aromatic carbocycles. The lowest BCUT2D eigenvalue weighted by atomic mass is 10.0. The first kappa shape index (κ1) is 14.5. The summed E-state index contributed by atoms with van der Waals surface area (Å²) < 4.78 is 0. The zero-order valence-electron chi connectivity index (χ0n) is 10.9. The smallest absolute Gasteiger partial charge is 0.0589 e. The van der Waals surface area contributed by atoms with E-state index in [1.165, 1.54) is 25.7 Å². The number of aromatic nitrogens is 1. The van der Waals surface area contributed by atoms with Crippen molar-refractivity contribution < 1.29 is 0 Å². The first-order valence-corrected chi connectivity index (χ1v) is 7.00. The Hall–Kier alpha value is -0.600. The highest BCUT2D eigenvalue weighted by atomic mass is 35.5. The van der Waals surface area contributed by atoms with Gasteiger partial charge in [0.1, 0.15) is 0 Å². The van der Waals surface area contributed by atoms with Crippen LogP contribution in [0, 0.1) is 0 Å². The van der Waals surface area contributed by atoms with Crippen molar-refractivity contribution in [2.75, 3.05) is 6.54 Å². The lowest BCUT2D eigenvalue weighted by Gasteiger charge is -2.17. The highest BCUT2D eigenvalue weighted by Gasteiger charge is 2.10. The monoisotopic (exact) mass is 254 g/mol. The normalized spacial score (nSPS) is 12.6. The van der Waals surface area contributed by atoms with Crippen LogP contribution in [-0.2, 0) is 0 Å². The lowest BCUT2D eigenvalue weighted by molar-refractivity contribution is 0.473. The zero-order chi connectivity index (χ0) is 12.5. The Kier molecular flexibility index (Phi) is 7.22. The molecule has 1 N–H and O–H groups in total. The third-order valence-corrected chi connectivity index (χ3v) is 3.13. The summed E-state index contributed by atoms with van der Waals surface area (Å²) in [6.45, 7) is 5.35. The van der Waals surface area contributed by atoms with Gasteiger partial charge >= 0.3 is 0 Å². The van der Waals surface area contributed by atoms with E-state index in [4.69, 9.17) is 11.6 Å². The average Bonchev–Trinajstić information content (AvgIpc) is 2.34. The molecule has 0 saturated carbocycles. The first-order valence-electron chi connectivity index (χ1n) is 6.62. The van der Waals surface area contributed by atoms with Crippen LogP contribution in [0.3, 0.4) is 0 Å². The molecule has 1 heterocycles. The molecule has 2 nitrogen and oxygen atoms in total. The molecule has 0 aliphatic carbocycles. The number of unbranched alkanes of at least 4 members (excludes halogenated alkanes) is 3. The zero-order valence-corrected chi connectivity index (χ0v) is 11.6. The number of rotatable bonds is 8. The minimum absolute atomic E-state index is 0.370. The summed E-state index contributed by atoms with van der Waals surface area (Å²) in [5.74, 6) is 0. The molecule has 0 bridgehead atoms. The van der Waals surface area contributed by atoms with Crippen LogP contribution in [0.1, 0.15) is 57.7 Å². The third-order valence-electron chi connectivity index (χ3n) is 2.90. The second kappa shape index (κ2) is 8.48. The fourth-order valence-electron chi connectivity index (χ4n) is 1.97. The van der Waals surface area contributed by atoms with Gasteiger partial charge in [0.25, 0.3) is 0 Å². The molecular formula is C14H23ClN2. The van der Waals surface area contributed by atoms with Crippen molar-refractivity contribution in [1.82, 2.24) is 10.3 Å². The van der Waals surface area contributed by atoms with Gasteiger partial charge in [0.2, 0.25) is 0 Å². The molecule has 1 atom stereocenters. The van der Waals surface area contributed by atoms with Crippen molar-refractivity contribution >= 4 is 11.6 Å². The summed E-state index contributed by atoms with van der Waals surface area (Å²) in [5.41, 5.74) is 1.10. The van der Waals surface area contributed by atoms with E-state index < -0.39 is 0 Å². The second-order valence-corrected chi connectivity index (χ2v) is 4.80. The van der Waals surface area contributed by atoms with Gasteiger partial charge in [0, 0.05) is 12.2 Å². The molecule has 0 aliphatic heterocycles. The number of hydrogen-bond acceptors (Lipinski definition) is 2.